The Morgan fingerprint density at radius 2 is 1.47 bits per heavy atom. The van der Waals surface area contributed by atoms with E-state index in [9.17, 15) is 41.4 Å². The molecule has 1 amide bonds. The standard InChI is InChI=1S/C62H100F3N3O20S/c1-30(2)22-45(69)84-51-37(9)50(32(4)29-80-59-54(78-18)53(77-17)47(70)40(12)83-59)86-57(73)39(11)52(85-46-23-33(5)68(16)28-35(7)81-46)36(8)49(87-58-48(71)44(67-79-19)24-34(6)82-58)31(3)27-62(15,56(72)38(51)10)88-60(74)66-61(13,14)20-21-89(75,76)55-42(64)25-41(63)26-43(55)65/h25-26,30-40,46-54,58-59,70-71H,20-24,27-29H2,1-19H3,(H,66,74)/b67-44+/t31-,32-,33?,34+,35-,36+,37-,38+,39+,40+,46-,47+,48+,49-,50+,51+,52-,53+,54+,58-,59+,62-/m0/s1. The molecule has 0 spiro atoms. The number of methoxy groups -OCH3 is 2. The molecule has 0 aliphatic carbocycles. The molecule has 1 aromatic rings. The molecule has 1 aromatic carbocycles. The second-order valence-corrected chi connectivity index (χ2v) is 28.5. The van der Waals surface area contributed by atoms with Crippen LogP contribution < -0.4 is 5.32 Å². The van der Waals surface area contributed by atoms with E-state index < -0.39 is 195 Å². The highest BCUT2D eigenvalue weighted by atomic mass is 32.2. The number of amides is 1. The predicted molar refractivity (Wildman–Crippen MR) is 317 cm³/mol. The number of benzene rings is 1. The van der Waals surface area contributed by atoms with Gasteiger partial charge >= 0.3 is 18.0 Å². The van der Waals surface area contributed by atoms with Crippen molar-refractivity contribution in [1.82, 2.24) is 10.2 Å². The number of cyclic esters (lactones) is 1. The van der Waals surface area contributed by atoms with E-state index in [1.165, 1.54) is 49.0 Å². The SMILES string of the molecule is CO/N=C1\C[C@@H](C)O[C@@H](O[C@@H]2[C@@H](C)[C@H](O[C@H]3CC(C)N(C)C[C@H](C)O3)[C@@H](C)C(=O)O[C@H]([C@@H](C)CO[C@@H]3O[C@H](C)[C@@H](O)[C@@H](OC)[C@H]3OC)[C@H](C)[C@@H](OC(=O)CC(C)C)[C@@H](C)C(=O)[C@@](C)(OC(=O)NC(C)(C)CCS(=O)(=O)c3c(F)cc(F)cc3F)C[C@@H]2C)[C@@H]1O. The quantitative estimate of drug-likeness (QED) is 0.0509. The second kappa shape index (κ2) is 32.1. The van der Waals surface area contributed by atoms with Crippen LogP contribution in [0.4, 0.5) is 18.0 Å². The summed E-state index contributed by atoms with van der Waals surface area (Å²) in [5.74, 6) is -14.3. The first-order chi connectivity index (χ1) is 41.4. The predicted octanol–water partition coefficient (Wildman–Crippen LogP) is 7.07. The minimum atomic E-state index is -4.77. The maximum Gasteiger partial charge on any atom is 0.408 e. The number of nitrogens with zero attached hydrogens (tertiary/aromatic N) is 2. The van der Waals surface area contributed by atoms with Gasteiger partial charge in [-0.15, -0.1) is 0 Å². The first kappa shape index (κ1) is 75.6. The number of aliphatic hydroxyl groups is 2. The van der Waals surface area contributed by atoms with Gasteiger partial charge in [-0.2, -0.15) is 0 Å². The number of hydrogen-bond donors (Lipinski definition) is 3. The number of carbonyl (C=O) groups is 4. The third-order valence-corrected chi connectivity index (χ3v) is 19.4. The van der Waals surface area contributed by atoms with E-state index in [4.69, 9.17) is 56.9 Å². The lowest BCUT2D eigenvalue weighted by Gasteiger charge is -2.45. The van der Waals surface area contributed by atoms with Gasteiger partial charge in [0.25, 0.3) is 0 Å². The normalized spacial score (nSPS) is 36.8. The fourth-order valence-corrected chi connectivity index (χ4v) is 14.3. The number of Topliss-reactive ketones (excluding diaryl/α,β-unsaturated/α-hetero) is 1. The minimum absolute atomic E-state index is 0.0670. The van der Waals surface area contributed by atoms with Gasteiger partial charge in [0.2, 0.25) is 0 Å². The van der Waals surface area contributed by atoms with Crippen LogP contribution in [0.15, 0.2) is 22.2 Å². The van der Waals surface area contributed by atoms with Crippen molar-refractivity contribution < 1.29 is 108 Å². The second-order valence-electron chi connectivity index (χ2n) is 26.4. The maximum atomic E-state index is 16.0. The molecule has 5 rings (SSSR count). The van der Waals surface area contributed by atoms with E-state index >= 15 is 9.59 Å². The molecular formula is C62H100F3N3O20S. The van der Waals surface area contributed by atoms with Gasteiger partial charge in [-0.3, -0.25) is 14.4 Å². The van der Waals surface area contributed by atoms with Crippen LogP contribution in [0.3, 0.4) is 0 Å². The summed E-state index contributed by atoms with van der Waals surface area (Å²) in [5, 5.41) is 29.5. The Kier molecular flexibility index (Phi) is 27.3. The molecule has 0 bridgehead atoms. The van der Waals surface area contributed by atoms with Gasteiger partial charge in [0, 0.05) is 81.5 Å². The van der Waals surface area contributed by atoms with Crippen molar-refractivity contribution in [3.8, 4) is 0 Å². The highest BCUT2D eigenvalue weighted by molar-refractivity contribution is 7.91. The summed E-state index contributed by atoms with van der Waals surface area (Å²) >= 11 is 0. The molecule has 23 nitrogen and oxygen atoms in total. The molecule has 4 fully saturated rings. The van der Waals surface area contributed by atoms with Crippen molar-refractivity contribution in [1.29, 1.82) is 0 Å². The zero-order valence-corrected chi connectivity index (χ0v) is 56.0. The Balaban J connectivity index is 1.71. The number of ketones is 1. The van der Waals surface area contributed by atoms with Gasteiger partial charge in [0.1, 0.15) is 66.1 Å². The lowest BCUT2D eigenvalue weighted by molar-refractivity contribution is -0.305. The molecule has 510 valence electrons. The van der Waals surface area contributed by atoms with Crippen LogP contribution in [-0.2, 0) is 81.2 Å². The van der Waals surface area contributed by atoms with Crippen LogP contribution in [0.25, 0.3) is 0 Å². The molecule has 89 heavy (non-hydrogen) atoms. The molecule has 4 saturated heterocycles. The van der Waals surface area contributed by atoms with Gasteiger partial charge in [-0.1, -0.05) is 53.6 Å². The Morgan fingerprint density at radius 1 is 0.843 bits per heavy atom. The van der Waals surface area contributed by atoms with E-state index in [2.05, 4.69) is 15.4 Å². The number of oxime groups is 1. The largest absolute Gasteiger partial charge is 0.461 e. The molecule has 4 heterocycles. The average molecular weight is 1300 g/mol. The van der Waals surface area contributed by atoms with Gasteiger partial charge in [-0.25, -0.2) is 26.4 Å². The summed E-state index contributed by atoms with van der Waals surface area (Å²) in [6, 6.07) is 0.415. The van der Waals surface area contributed by atoms with Crippen LogP contribution in [0.2, 0.25) is 0 Å². The Hall–Kier alpha value is -4.13. The lowest BCUT2D eigenvalue weighted by Crippen LogP contribution is -2.59. The number of ether oxygens (including phenoxy) is 11. The number of likely N-dealkylation sites (N-methyl/N-ethyl adjacent to an activating group) is 1. The number of halogens is 3. The molecule has 22 atom stereocenters. The van der Waals surface area contributed by atoms with Crippen LogP contribution in [-0.4, -0.2) is 204 Å². The number of aliphatic hydroxyl groups excluding tert-OH is 2. The van der Waals surface area contributed by atoms with E-state index in [1.54, 1.807) is 62.3 Å². The van der Waals surface area contributed by atoms with Crippen molar-refractivity contribution in [2.24, 2.45) is 46.6 Å². The number of carbonyl (C=O) groups excluding carboxylic acids is 4. The zero-order chi connectivity index (χ0) is 66.9. The van der Waals surface area contributed by atoms with Crippen LogP contribution in [0.1, 0.15) is 136 Å². The minimum Gasteiger partial charge on any atom is -0.461 e. The van der Waals surface area contributed by atoms with Crippen molar-refractivity contribution in [3.63, 3.8) is 0 Å². The number of alkyl carbamates (subject to hydrolysis) is 1. The summed E-state index contributed by atoms with van der Waals surface area (Å²) in [6.45, 7) is 25.4. The smallest absolute Gasteiger partial charge is 0.408 e. The Labute approximate surface area is 523 Å². The van der Waals surface area contributed by atoms with Crippen LogP contribution >= 0.6 is 0 Å². The third-order valence-electron chi connectivity index (χ3n) is 17.6. The molecule has 3 N–H and O–H groups in total. The van der Waals surface area contributed by atoms with Gasteiger partial charge < -0.3 is 77.4 Å². The summed E-state index contributed by atoms with van der Waals surface area (Å²) in [5.41, 5.74) is -3.58. The monoisotopic (exact) mass is 1300 g/mol. The molecule has 27 heteroatoms. The maximum absolute atomic E-state index is 16.0. The number of esters is 2. The molecule has 1 unspecified atom stereocenters. The van der Waals surface area contributed by atoms with E-state index in [1.807, 2.05) is 20.9 Å². The first-order valence-electron chi connectivity index (χ1n) is 30.8. The van der Waals surface area contributed by atoms with Gasteiger partial charge in [0.05, 0.1) is 60.4 Å². The van der Waals surface area contributed by atoms with Crippen molar-refractivity contribution in [2.45, 2.75) is 244 Å². The molecule has 0 radical (unpaired) electrons. The summed E-state index contributed by atoms with van der Waals surface area (Å²) in [6.07, 6.45) is -16.3. The average Bonchev–Trinajstić information content (AvgIpc) is 1.14. The van der Waals surface area contributed by atoms with Crippen LogP contribution in [0.5, 0.6) is 0 Å². The Bertz CT molecular complexity index is 2650. The Morgan fingerprint density at radius 3 is 2.07 bits per heavy atom. The number of hydrogen-bond acceptors (Lipinski definition) is 22. The third kappa shape index (κ3) is 19.5. The molecule has 0 aromatic heterocycles. The summed E-state index contributed by atoms with van der Waals surface area (Å²) in [7, 11) is 1.34. The highest BCUT2D eigenvalue weighted by Crippen LogP contribution is 2.41. The topological polar surface area (TPSA) is 281 Å². The van der Waals surface area contributed by atoms with E-state index in [0.717, 1.165) is 0 Å². The summed E-state index contributed by atoms with van der Waals surface area (Å²) in [4.78, 5) is 66.2. The molecule has 0 saturated carbocycles. The zero-order valence-electron chi connectivity index (χ0n) is 55.2. The summed E-state index contributed by atoms with van der Waals surface area (Å²) < 4.78 is 141. The number of rotatable bonds is 20. The van der Waals surface area contributed by atoms with Gasteiger partial charge in [0.15, 0.2) is 40.1 Å². The fourth-order valence-electron chi connectivity index (χ4n) is 12.6. The van der Waals surface area contributed by atoms with E-state index in [0.29, 0.717) is 13.0 Å². The number of nitrogens with one attached hydrogen (secondary N) is 1. The van der Waals surface area contributed by atoms with Gasteiger partial charge in [-0.05, 0) is 87.1 Å². The fraction of sp³-hybridized carbons (Fsp3) is 0.823. The van der Waals surface area contributed by atoms with Crippen molar-refractivity contribution >= 4 is 39.4 Å². The lowest BCUT2D eigenvalue weighted by atomic mass is 9.74. The van der Waals surface area contributed by atoms with E-state index in [-0.39, 0.29) is 61.8 Å². The molecule has 4 aliphatic heterocycles. The first-order valence-corrected chi connectivity index (χ1v) is 32.5. The molecule has 4 aliphatic rings. The number of sulfone groups is 1. The van der Waals surface area contributed by atoms with Crippen molar-refractivity contribution in [3.05, 3.63) is 29.6 Å². The highest BCUT2D eigenvalue weighted by Gasteiger charge is 2.53. The molecular weight excluding hydrogens is 1200 g/mol. The van der Waals surface area contributed by atoms with Crippen molar-refractivity contribution in [2.75, 3.05) is 47.3 Å². The van der Waals surface area contributed by atoms with Crippen LogP contribution in [0, 0.1) is 58.9 Å².